The summed E-state index contributed by atoms with van der Waals surface area (Å²) in [6.07, 6.45) is 14.9. The van der Waals surface area contributed by atoms with Crippen molar-refractivity contribution in [3.63, 3.8) is 0 Å². The van der Waals surface area contributed by atoms with Gasteiger partial charge in [-0.15, -0.1) is 0 Å². The van der Waals surface area contributed by atoms with Gasteiger partial charge in [-0.25, -0.2) is 0 Å². The number of carbonyl (C=O) groups is 1. The van der Waals surface area contributed by atoms with Crippen molar-refractivity contribution in [1.29, 1.82) is 0 Å². The van der Waals surface area contributed by atoms with E-state index in [4.69, 9.17) is 4.74 Å². The van der Waals surface area contributed by atoms with Crippen LogP contribution in [-0.2, 0) is 16.1 Å². The monoisotopic (exact) mass is 360 g/mol. The lowest BCUT2D eigenvalue weighted by Gasteiger charge is -2.10. The zero-order valence-electron chi connectivity index (χ0n) is 17.7. The Morgan fingerprint density at radius 1 is 0.769 bits per heavy atom. The second-order valence-electron chi connectivity index (χ2n) is 7.80. The molecule has 0 aliphatic carbocycles. The minimum absolute atomic E-state index is 0.0585. The summed E-state index contributed by atoms with van der Waals surface area (Å²) in [5.74, 6) is -0.0585. The molecule has 0 heterocycles. The molecule has 0 fully saturated rings. The van der Waals surface area contributed by atoms with Crippen LogP contribution in [0.5, 0.6) is 0 Å². The van der Waals surface area contributed by atoms with E-state index in [1.165, 1.54) is 74.5 Å². The van der Waals surface area contributed by atoms with E-state index in [-0.39, 0.29) is 5.97 Å². The molecule has 0 saturated carbocycles. The number of benzene rings is 1. The quantitative estimate of drug-likeness (QED) is 0.256. The molecule has 0 saturated heterocycles. The van der Waals surface area contributed by atoms with E-state index < -0.39 is 0 Å². The third-order valence-electron chi connectivity index (χ3n) is 5.37. The number of carbonyl (C=O) groups excluding carboxylic acids is 1. The predicted octanol–water partition coefficient (Wildman–Crippen LogP) is 7.36. The van der Waals surface area contributed by atoms with E-state index in [1.807, 2.05) is 0 Å². The summed E-state index contributed by atoms with van der Waals surface area (Å²) in [4.78, 5) is 11.9. The van der Waals surface area contributed by atoms with E-state index in [0.29, 0.717) is 13.0 Å². The van der Waals surface area contributed by atoms with Crippen molar-refractivity contribution in [2.45, 2.75) is 111 Å². The highest BCUT2D eigenvalue weighted by Gasteiger charge is 2.06. The van der Waals surface area contributed by atoms with Gasteiger partial charge in [0.05, 0.1) is 0 Å². The lowest BCUT2D eigenvalue weighted by atomic mass is 10.0. The van der Waals surface area contributed by atoms with Gasteiger partial charge in [-0.05, 0) is 49.4 Å². The molecule has 0 aliphatic rings. The van der Waals surface area contributed by atoms with E-state index >= 15 is 0 Å². The summed E-state index contributed by atoms with van der Waals surface area (Å²) in [5, 5.41) is 0. The average Bonchev–Trinajstić information content (AvgIpc) is 2.62. The first kappa shape index (κ1) is 22.7. The smallest absolute Gasteiger partial charge is 0.306 e. The molecule has 148 valence electrons. The van der Waals surface area contributed by atoms with Crippen molar-refractivity contribution < 1.29 is 9.53 Å². The van der Waals surface area contributed by atoms with Gasteiger partial charge in [0.2, 0.25) is 0 Å². The standard InChI is InChI=1S/C24H40O2/c1-5-6-7-8-9-10-11-12-13-14-15-16-24(25)26-19-23-17-20(2)22(4)21(3)18-23/h17-18H,5-16,19H2,1-4H3. The molecule has 2 nitrogen and oxygen atoms in total. The number of esters is 1. The van der Waals surface area contributed by atoms with Crippen molar-refractivity contribution >= 4 is 5.97 Å². The predicted molar refractivity (Wildman–Crippen MR) is 112 cm³/mol. The van der Waals surface area contributed by atoms with Crippen molar-refractivity contribution in [2.24, 2.45) is 0 Å². The molecule has 1 aromatic rings. The van der Waals surface area contributed by atoms with E-state index in [1.54, 1.807) is 0 Å². The molecular weight excluding hydrogens is 320 g/mol. The van der Waals surface area contributed by atoms with Crippen LogP contribution in [-0.4, -0.2) is 5.97 Å². The molecule has 0 N–H and O–H groups in total. The Hall–Kier alpha value is -1.31. The SMILES string of the molecule is CCCCCCCCCCCCCC(=O)OCc1cc(C)c(C)c(C)c1. The molecule has 0 bridgehead atoms. The molecule has 0 radical (unpaired) electrons. The minimum Gasteiger partial charge on any atom is -0.461 e. The molecule has 2 heteroatoms. The molecule has 0 atom stereocenters. The summed E-state index contributed by atoms with van der Waals surface area (Å²) < 4.78 is 5.43. The first-order valence-corrected chi connectivity index (χ1v) is 10.8. The highest BCUT2D eigenvalue weighted by Crippen LogP contribution is 2.17. The molecule has 1 aromatic carbocycles. The number of unbranched alkanes of at least 4 members (excludes halogenated alkanes) is 10. The van der Waals surface area contributed by atoms with Gasteiger partial charge in [0.25, 0.3) is 0 Å². The lowest BCUT2D eigenvalue weighted by Crippen LogP contribution is -2.05. The molecule has 0 amide bonds. The van der Waals surface area contributed by atoms with Crippen LogP contribution in [0.15, 0.2) is 12.1 Å². The highest BCUT2D eigenvalue weighted by atomic mass is 16.5. The summed E-state index contributed by atoms with van der Waals surface area (Å²) >= 11 is 0. The van der Waals surface area contributed by atoms with Crippen molar-refractivity contribution in [3.8, 4) is 0 Å². The van der Waals surface area contributed by atoms with Crippen LogP contribution in [0.2, 0.25) is 0 Å². The molecule has 0 unspecified atom stereocenters. The van der Waals surface area contributed by atoms with Gasteiger partial charge < -0.3 is 4.74 Å². The van der Waals surface area contributed by atoms with Crippen molar-refractivity contribution in [3.05, 3.63) is 34.4 Å². The maximum atomic E-state index is 11.9. The fraction of sp³-hybridized carbons (Fsp3) is 0.708. The van der Waals surface area contributed by atoms with Gasteiger partial charge >= 0.3 is 5.97 Å². The zero-order valence-corrected chi connectivity index (χ0v) is 17.7. The third kappa shape index (κ3) is 9.99. The van der Waals surface area contributed by atoms with Crippen molar-refractivity contribution in [2.75, 3.05) is 0 Å². The first-order valence-electron chi connectivity index (χ1n) is 10.8. The van der Waals surface area contributed by atoms with E-state index in [9.17, 15) is 4.79 Å². The minimum atomic E-state index is -0.0585. The summed E-state index contributed by atoms with van der Waals surface area (Å²) in [7, 11) is 0. The average molecular weight is 361 g/mol. The largest absolute Gasteiger partial charge is 0.461 e. The molecular formula is C24H40O2. The second-order valence-corrected chi connectivity index (χ2v) is 7.80. The van der Waals surface area contributed by atoms with Crippen molar-refractivity contribution in [1.82, 2.24) is 0 Å². The Labute approximate surface area is 161 Å². The Balaban J connectivity index is 2.00. The maximum Gasteiger partial charge on any atom is 0.306 e. The molecule has 0 aromatic heterocycles. The molecule has 1 rings (SSSR count). The van der Waals surface area contributed by atoms with Gasteiger partial charge in [0, 0.05) is 6.42 Å². The topological polar surface area (TPSA) is 26.3 Å². The van der Waals surface area contributed by atoms with Gasteiger partial charge in [-0.2, -0.15) is 0 Å². The maximum absolute atomic E-state index is 11.9. The number of ether oxygens (including phenoxy) is 1. The first-order chi connectivity index (χ1) is 12.5. The Bertz CT molecular complexity index is 496. The summed E-state index contributed by atoms with van der Waals surface area (Å²) in [5.41, 5.74) is 4.95. The zero-order chi connectivity index (χ0) is 19.2. The Morgan fingerprint density at radius 2 is 1.23 bits per heavy atom. The number of hydrogen-bond donors (Lipinski definition) is 0. The fourth-order valence-electron chi connectivity index (χ4n) is 3.38. The van der Waals surface area contributed by atoms with Crippen LogP contribution in [0.3, 0.4) is 0 Å². The number of aryl methyl sites for hydroxylation is 2. The molecule has 26 heavy (non-hydrogen) atoms. The van der Waals surface area contributed by atoms with Gasteiger partial charge in [0.1, 0.15) is 6.61 Å². The number of hydrogen-bond acceptors (Lipinski definition) is 2. The molecule has 0 aliphatic heterocycles. The second kappa shape index (κ2) is 13.8. The number of rotatable bonds is 14. The normalized spacial score (nSPS) is 10.9. The van der Waals surface area contributed by atoms with Gasteiger partial charge in [-0.3, -0.25) is 4.79 Å². The van der Waals surface area contributed by atoms with Crippen LogP contribution in [0.25, 0.3) is 0 Å². The van der Waals surface area contributed by atoms with E-state index in [0.717, 1.165) is 18.4 Å². The van der Waals surface area contributed by atoms with Crippen LogP contribution in [0, 0.1) is 20.8 Å². The van der Waals surface area contributed by atoms with Crippen LogP contribution >= 0.6 is 0 Å². The third-order valence-corrected chi connectivity index (χ3v) is 5.37. The molecule has 0 spiro atoms. The lowest BCUT2D eigenvalue weighted by molar-refractivity contribution is -0.145. The Kier molecular flexibility index (Phi) is 12.1. The van der Waals surface area contributed by atoms with Crippen LogP contribution in [0.1, 0.15) is 106 Å². The van der Waals surface area contributed by atoms with Gasteiger partial charge in [-0.1, -0.05) is 83.3 Å². The highest BCUT2D eigenvalue weighted by molar-refractivity contribution is 5.69. The Morgan fingerprint density at radius 3 is 1.73 bits per heavy atom. The van der Waals surface area contributed by atoms with E-state index in [2.05, 4.69) is 39.8 Å². The summed E-state index contributed by atoms with van der Waals surface area (Å²) in [6.45, 7) is 9.02. The van der Waals surface area contributed by atoms with Crippen LogP contribution < -0.4 is 0 Å². The summed E-state index contributed by atoms with van der Waals surface area (Å²) in [6, 6.07) is 4.25. The van der Waals surface area contributed by atoms with Crippen LogP contribution in [0.4, 0.5) is 0 Å². The fourth-order valence-corrected chi connectivity index (χ4v) is 3.38. The van der Waals surface area contributed by atoms with Gasteiger partial charge in [0.15, 0.2) is 0 Å².